The van der Waals surface area contributed by atoms with E-state index in [0.29, 0.717) is 5.56 Å². The van der Waals surface area contributed by atoms with Gasteiger partial charge in [0, 0.05) is 5.56 Å². The summed E-state index contributed by atoms with van der Waals surface area (Å²) in [7, 11) is -3.81. The van der Waals surface area contributed by atoms with Crippen molar-refractivity contribution in [1.82, 2.24) is 9.73 Å². The van der Waals surface area contributed by atoms with Gasteiger partial charge in [-0.05, 0) is 12.1 Å². The Hall–Kier alpha value is -2.13. The summed E-state index contributed by atoms with van der Waals surface area (Å²) in [6, 6.07) is 6.23. The van der Waals surface area contributed by atoms with Crippen LogP contribution in [0.2, 0.25) is 0 Å². The molecule has 1 heterocycles. The average molecular weight is 269 g/mol. The third kappa shape index (κ3) is 1.69. The molecule has 18 heavy (non-hydrogen) atoms. The molecule has 8 nitrogen and oxygen atoms in total. The molecule has 1 aliphatic heterocycles. The van der Waals surface area contributed by atoms with Crippen molar-refractivity contribution < 1.29 is 13.2 Å². The molecule has 96 valence electrons. The predicted octanol–water partition coefficient (Wildman–Crippen LogP) is -1.70. The third-order valence-corrected chi connectivity index (χ3v) is 4.30. The largest absolute Gasteiger partial charge is 0.321 e. The molecule has 0 fully saturated rings. The van der Waals surface area contributed by atoms with E-state index < -0.39 is 22.5 Å². The van der Waals surface area contributed by atoms with E-state index >= 15 is 0 Å². The van der Waals surface area contributed by atoms with Crippen LogP contribution in [0.1, 0.15) is 5.56 Å². The van der Waals surface area contributed by atoms with Gasteiger partial charge < -0.3 is 5.84 Å². The number of carbonyl (C=O) groups excluding carboxylic acids is 1. The molecule has 0 aliphatic carbocycles. The Labute approximate surface area is 103 Å². The monoisotopic (exact) mass is 269 g/mol. The van der Waals surface area contributed by atoms with Crippen LogP contribution in [-0.2, 0) is 14.8 Å². The van der Waals surface area contributed by atoms with Crippen LogP contribution in [-0.4, -0.2) is 31.0 Å². The van der Waals surface area contributed by atoms with Crippen molar-refractivity contribution in [2.75, 3.05) is 6.54 Å². The first-order valence-corrected chi connectivity index (χ1v) is 6.36. The molecule has 1 aromatic rings. The summed E-state index contributed by atoms with van der Waals surface area (Å²) >= 11 is 0. The number of hydrogen-bond donors (Lipinski definition) is 3. The van der Waals surface area contributed by atoms with Crippen molar-refractivity contribution in [3.8, 4) is 0 Å². The molecule has 0 atom stereocenters. The van der Waals surface area contributed by atoms with Gasteiger partial charge in [-0.3, -0.25) is 10.2 Å². The maximum atomic E-state index is 12.2. The van der Waals surface area contributed by atoms with Crippen molar-refractivity contribution in [2.45, 2.75) is 4.90 Å². The molecule has 0 saturated heterocycles. The fourth-order valence-electron chi connectivity index (χ4n) is 1.71. The minimum atomic E-state index is -3.81. The zero-order valence-corrected chi connectivity index (χ0v) is 10.0. The Morgan fingerprint density at radius 2 is 2.06 bits per heavy atom. The molecule has 0 aromatic heterocycles. The van der Waals surface area contributed by atoms with E-state index in [-0.39, 0.29) is 10.7 Å². The number of rotatable bonds is 2. The minimum Gasteiger partial charge on any atom is -0.321 e. The number of fused-ring (bicyclic) bond motifs is 1. The first-order valence-electron chi connectivity index (χ1n) is 4.92. The maximum absolute atomic E-state index is 12.2. The molecule has 0 saturated carbocycles. The molecule has 5 N–H and O–H groups in total. The van der Waals surface area contributed by atoms with E-state index in [4.69, 9.17) is 11.7 Å². The van der Waals surface area contributed by atoms with Crippen LogP contribution in [0.4, 0.5) is 0 Å². The quantitative estimate of drug-likeness (QED) is 0.334. The highest BCUT2D eigenvalue weighted by molar-refractivity contribution is 7.90. The summed E-state index contributed by atoms with van der Waals surface area (Å²) in [4.78, 5) is 11.3. The highest BCUT2D eigenvalue weighted by Crippen LogP contribution is 2.29. The zero-order valence-electron chi connectivity index (χ0n) is 9.20. The van der Waals surface area contributed by atoms with Crippen LogP contribution < -0.4 is 17.1 Å². The van der Waals surface area contributed by atoms with Crippen LogP contribution in [0.5, 0.6) is 0 Å². The van der Waals surface area contributed by atoms with Crippen LogP contribution in [0.15, 0.2) is 34.3 Å². The molecule has 0 spiro atoms. The predicted molar refractivity (Wildman–Crippen MR) is 63.4 cm³/mol. The standard InChI is InChI=1S/C9H11N5O3S/c10-12-8(15)5-14-9(13-11)6-3-1-2-4-7(6)18(14,16)17/h1-4H,5,10-11H2,(H,12,15)/b13-9-. The van der Waals surface area contributed by atoms with Gasteiger partial charge in [0.05, 0.1) is 4.90 Å². The molecule has 0 unspecified atom stereocenters. The Bertz CT molecular complexity index is 625. The number of nitrogens with zero attached hydrogens (tertiary/aromatic N) is 2. The van der Waals surface area contributed by atoms with Gasteiger partial charge in [-0.25, -0.2) is 18.6 Å². The summed E-state index contributed by atoms with van der Waals surface area (Å²) in [6.45, 7) is -0.469. The van der Waals surface area contributed by atoms with Gasteiger partial charge in [0.2, 0.25) is 0 Å². The summed E-state index contributed by atoms with van der Waals surface area (Å²) in [6.07, 6.45) is 0. The first kappa shape index (κ1) is 12.3. The highest BCUT2D eigenvalue weighted by Gasteiger charge is 2.40. The van der Waals surface area contributed by atoms with Gasteiger partial charge in [0.1, 0.15) is 6.54 Å². The van der Waals surface area contributed by atoms with Gasteiger partial charge in [-0.2, -0.15) is 5.10 Å². The average Bonchev–Trinajstić information content (AvgIpc) is 2.58. The Morgan fingerprint density at radius 1 is 1.39 bits per heavy atom. The van der Waals surface area contributed by atoms with Crippen molar-refractivity contribution in [2.24, 2.45) is 16.8 Å². The van der Waals surface area contributed by atoms with Gasteiger partial charge in [-0.15, -0.1) is 0 Å². The highest BCUT2D eigenvalue weighted by atomic mass is 32.2. The molecule has 1 amide bonds. The maximum Gasteiger partial charge on any atom is 0.266 e. The SMILES string of the molecule is N/N=C1/c2ccccc2S(=O)(=O)N1CC(=O)NN. The topological polar surface area (TPSA) is 131 Å². The Kier molecular flexibility index (Phi) is 2.93. The van der Waals surface area contributed by atoms with E-state index in [0.717, 1.165) is 4.31 Å². The third-order valence-electron chi connectivity index (χ3n) is 2.50. The number of carbonyl (C=O) groups is 1. The number of hydrazine groups is 1. The van der Waals surface area contributed by atoms with E-state index in [1.165, 1.54) is 6.07 Å². The van der Waals surface area contributed by atoms with E-state index in [9.17, 15) is 13.2 Å². The second kappa shape index (κ2) is 4.27. The van der Waals surface area contributed by atoms with E-state index in [2.05, 4.69) is 5.10 Å². The van der Waals surface area contributed by atoms with Crippen LogP contribution >= 0.6 is 0 Å². The van der Waals surface area contributed by atoms with Gasteiger partial charge in [-0.1, -0.05) is 12.1 Å². The van der Waals surface area contributed by atoms with Crippen LogP contribution in [0.3, 0.4) is 0 Å². The zero-order chi connectivity index (χ0) is 13.3. The Morgan fingerprint density at radius 3 is 2.67 bits per heavy atom. The number of nitrogens with two attached hydrogens (primary N) is 2. The fraction of sp³-hybridized carbons (Fsp3) is 0.111. The number of sulfonamides is 1. The van der Waals surface area contributed by atoms with Gasteiger partial charge >= 0.3 is 0 Å². The molecular weight excluding hydrogens is 258 g/mol. The lowest BCUT2D eigenvalue weighted by atomic mass is 10.2. The lowest BCUT2D eigenvalue weighted by Gasteiger charge is -2.15. The van der Waals surface area contributed by atoms with Gasteiger partial charge in [0.15, 0.2) is 5.84 Å². The molecule has 0 radical (unpaired) electrons. The number of benzene rings is 1. The molecule has 9 heteroatoms. The lowest BCUT2D eigenvalue weighted by Crippen LogP contribution is -2.43. The number of amides is 1. The molecular formula is C9H11N5O3S. The number of hydrazone groups is 1. The molecule has 1 aliphatic rings. The second-order valence-electron chi connectivity index (χ2n) is 3.53. The fourth-order valence-corrected chi connectivity index (χ4v) is 3.30. The second-order valence-corrected chi connectivity index (χ2v) is 5.36. The van der Waals surface area contributed by atoms with Crippen molar-refractivity contribution in [1.29, 1.82) is 0 Å². The lowest BCUT2D eigenvalue weighted by molar-refractivity contribution is -0.120. The molecule has 1 aromatic carbocycles. The van der Waals surface area contributed by atoms with Crippen molar-refractivity contribution >= 4 is 21.8 Å². The summed E-state index contributed by atoms with van der Waals surface area (Å²) in [5.41, 5.74) is 2.23. The number of nitrogens with one attached hydrogen (secondary N) is 1. The summed E-state index contributed by atoms with van der Waals surface area (Å²) in [5.74, 6) is 9.50. The van der Waals surface area contributed by atoms with Crippen LogP contribution in [0.25, 0.3) is 0 Å². The molecule has 2 rings (SSSR count). The van der Waals surface area contributed by atoms with E-state index in [1.54, 1.807) is 18.2 Å². The number of amidine groups is 1. The van der Waals surface area contributed by atoms with Gasteiger partial charge in [0.25, 0.3) is 15.9 Å². The minimum absolute atomic E-state index is 0.0224. The molecule has 0 bridgehead atoms. The normalized spacial score (nSPS) is 18.7. The van der Waals surface area contributed by atoms with Crippen molar-refractivity contribution in [3.05, 3.63) is 29.8 Å². The Balaban J connectivity index is 2.55. The van der Waals surface area contributed by atoms with Crippen LogP contribution in [0, 0.1) is 0 Å². The van der Waals surface area contributed by atoms with Crippen molar-refractivity contribution in [3.63, 3.8) is 0 Å². The number of hydrogen-bond acceptors (Lipinski definition) is 6. The summed E-state index contributed by atoms with van der Waals surface area (Å²) in [5, 5.41) is 3.44. The summed E-state index contributed by atoms with van der Waals surface area (Å²) < 4.78 is 25.2. The first-order chi connectivity index (χ1) is 8.52. The smallest absolute Gasteiger partial charge is 0.266 e. The van der Waals surface area contributed by atoms with E-state index in [1.807, 2.05) is 5.43 Å².